The molecule has 6 nitrogen and oxygen atoms in total. The number of esters is 3. The van der Waals surface area contributed by atoms with Gasteiger partial charge in [0.2, 0.25) is 0 Å². The van der Waals surface area contributed by atoms with Crippen LogP contribution in [0.3, 0.4) is 0 Å². The van der Waals surface area contributed by atoms with E-state index in [0.29, 0.717) is 19.3 Å². The molecule has 6 heteroatoms. The predicted molar refractivity (Wildman–Crippen MR) is 339 cm³/mol. The van der Waals surface area contributed by atoms with Crippen LogP contribution < -0.4 is 0 Å². The molecule has 0 aliphatic heterocycles. The minimum Gasteiger partial charge on any atom is -0.462 e. The molecule has 458 valence electrons. The summed E-state index contributed by atoms with van der Waals surface area (Å²) in [6.45, 7) is 6.68. The van der Waals surface area contributed by atoms with Gasteiger partial charge in [0.1, 0.15) is 13.2 Å². The molecule has 1 atom stereocenters. The Labute approximate surface area is 486 Å². The lowest BCUT2D eigenvalue weighted by Gasteiger charge is -2.18. The van der Waals surface area contributed by atoms with Crippen molar-refractivity contribution in [3.05, 3.63) is 36.5 Å². The van der Waals surface area contributed by atoms with Crippen molar-refractivity contribution in [1.82, 2.24) is 0 Å². The molecule has 78 heavy (non-hydrogen) atoms. The molecule has 0 aromatic carbocycles. The van der Waals surface area contributed by atoms with Gasteiger partial charge >= 0.3 is 17.9 Å². The summed E-state index contributed by atoms with van der Waals surface area (Å²) in [5.41, 5.74) is 0. The van der Waals surface area contributed by atoms with Crippen molar-refractivity contribution >= 4 is 17.9 Å². The standard InChI is InChI=1S/C72H134O6/c1-4-7-10-13-16-19-22-25-28-29-30-31-32-33-34-35-36-37-38-39-40-41-42-43-45-47-50-53-56-59-62-65-71(74)77-68-69(67-76-70(73)64-61-58-55-52-49-46-27-24-21-18-15-12-9-6-3)78-72(75)66-63-60-57-54-51-48-44-26-23-20-17-14-11-8-5-2/h22,25-26,29-30,44,69H,4-21,23-24,27-28,31-43,45-68H2,1-3H3/b25-22-,30-29-,44-26-. The molecule has 0 aromatic heterocycles. The minimum atomic E-state index is -0.773. The Bertz CT molecular complexity index is 1300. The molecule has 0 amide bonds. The first kappa shape index (κ1) is 75.6. The van der Waals surface area contributed by atoms with Gasteiger partial charge in [0, 0.05) is 19.3 Å². The van der Waals surface area contributed by atoms with Crippen molar-refractivity contribution < 1.29 is 28.6 Å². The maximum absolute atomic E-state index is 12.9. The minimum absolute atomic E-state index is 0.0694. The van der Waals surface area contributed by atoms with Crippen LogP contribution in [0.25, 0.3) is 0 Å². The third kappa shape index (κ3) is 64.5. The van der Waals surface area contributed by atoms with Gasteiger partial charge in [0.15, 0.2) is 6.10 Å². The number of rotatable bonds is 65. The van der Waals surface area contributed by atoms with Crippen LogP contribution in [0.15, 0.2) is 36.5 Å². The van der Waals surface area contributed by atoms with Crippen molar-refractivity contribution in [1.29, 1.82) is 0 Å². The highest BCUT2D eigenvalue weighted by Gasteiger charge is 2.19. The van der Waals surface area contributed by atoms with Crippen LogP contribution in [0.2, 0.25) is 0 Å². The Morgan fingerprint density at radius 2 is 0.462 bits per heavy atom. The smallest absolute Gasteiger partial charge is 0.306 e. The van der Waals surface area contributed by atoms with E-state index in [4.69, 9.17) is 14.2 Å². The second-order valence-electron chi connectivity index (χ2n) is 23.8. The van der Waals surface area contributed by atoms with E-state index in [-0.39, 0.29) is 31.1 Å². The van der Waals surface area contributed by atoms with Crippen molar-refractivity contribution in [2.45, 2.75) is 393 Å². The summed E-state index contributed by atoms with van der Waals surface area (Å²) < 4.78 is 17.0. The topological polar surface area (TPSA) is 78.9 Å². The molecular weight excluding hydrogens is 961 g/mol. The van der Waals surface area contributed by atoms with Gasteiger partial charge < -0.3 is 14.2 Å². The largest absolute Gasteiger partial charge is 0.462 e. The summed E-state index contributed by atoms with van der Waals surface area (Å²) in [5.74, 6) is -0.850. The van der Waals surface area contributed by atoms with Crippen LogP contribution in [0.5, 0.6) is 0 Å². The van der Waals surface area contributed by atoms with Gasteiger partial charge in [0.25, 0.3) is 0 Å². The first-order chi connectivity index (χ1) is 38.5. The van der Waals surface area contributed by atoms with E-state index in [1.54, 1.807) is 0 Å². The second-order valence-corrected chi connectivity index (χ2v) is 23.8. The molecule has 0 saturated heterocycles. The monoisotopic (exact) mass is 1100 g/mol. The lowest BCUT2D eigenvalue weighted by Crippen LogP contribution is -2.30. The highest BCUT2D eigenvalue weighted by Crippen LogP contribution is 2.18. The molecule has 0 aliphatic rings. The Balaban J connectivity index is 4.14. The summed E-state index contributed by atoms with van der Waals surface area (Å²) in [6, 6.07) is 0. The maximum atomic E-state index is 12.9. The molecule has 0 bridgehead atoms. The van der Waals surface area contributed by atoms with Crippen molar-refractivity contribution in [3.63, 3.8) is 0 Å². The van der Waals surface area contributed by atoms with Gasteiger partial charge in [-0.2, -0.15) is 0 Å². The van der Waals surface area contributed by atoms with E-state index in [9.17, 15) is 14.4 Å². The van der Waals surface area contributed by atoms with E-state index in [1.807, 2.05) is 0 Å². The number of allylic oxidation sites excluding steroid dienone is 6. The normalized spacial score (nSPS) is 12.2. The highest BCUT2D eigenvalue weighted by molar-refractivity contribution is 5.71. The fraction of sp³-hybridized carbons (Fsp3) is 0.875. The van der Waals surface area contributed by atoms with E-state index >= 15 is 0 Å². The van der Waals surface area contributed by atoms with Crippen LogP contribution in [0, 0.1) is 0 Å². The number of carbonyl (C=O) groups excluding carboxylic acids is 3. The quantitative estimate of drug-likeness (QED) is 0.0261. The van der Waals surface area contributed by atoms with Crippen LogP contribution in [0.1, 0.15) is 387 Å². The fourth-order valence-electron chi connectivity index (χ4n) is 10.6. The van der Waals surface area contributed by atoms with Gasteiger partial charge in [-0.3, -0.25) is 14.4 Å². The predicted octanol–water partition coefficient (Wildman–Crippen LogP) is 23.9. The van der Waals surface area contributed by atoms with Crippen LogP contribution in [-0.4, -0.2) is 37.2 Å². The van der Waals surface area contributed by atoms with E-state index in [1.165, 1.54) is 276 Å². The third-order valence-electron chi connectivity index (χ3n) is 15.9. The zero-order valence-electron chi connectivity index (χ0n) is 52.7. The highest BCUT2D eigenvalue weighted by atomic mass is 16.6. The number of unbranched alkanes of at least 4 members (excludes halogenated alkanes) is 48. The Hall–Kier alpha value is -2.37. The summed E-state index contributed by atoms with van der Waals surface area (Å²) in [5, 5.41) is 0. The molecule has 1 unspecified atom stereocenters. The Morgan fingerprint density at radius 1 is 0.256 bits per heavy atom. The fourth-order valence-corrected chi connectivity index (χ4v) is 10.6. The van der Waals surface area contributed by atoms with Gasteiger partial charge in [-0.1, -0.05) is 327 Å². The van der Waals surface area contributed by atoms with Crippen LogP contribution in [-0.2, 0) is 28.6 Å². The second kappa shape index (κ2) is 67.1. The zero-order valence-corrected chi connectivity index (χ0v) is 52.7. The summed E-state index contributed by atoms with van der Waals surface area (Å²) in [6.07, 6.45) is 83.2. The third-order valence-corrected chi connectivity index (χ3v) is 15.9. The average Bonchev–Trinajstić information content (AvgIpc) is 3.44. The summed E-state index contributed by atoms with van der Waals surface area (Å²) >= 11 is 0. The van der Waals surface area contributed by atoms with Crippen molar-refractivity contribution in [2.24, 2.45) is 0 Å². The molecule has 0 radical (unpaired) electrons. The van der Waals surface area contributed by atoms with Gasteiger partial charge in [-0.25, -0.2) is 0 Å². The van der Waals surface area contributed by atoms with E-state index in [2.05, 4.69) is 57.2 Å². The molecule has 0 aliphatic carbocycles. The summed E-state index contributed by atoms with van der Waals surface area (Å²) in [4.78, 5) is 38.3. The average molecular weight is 1100 g/mol. The van der Waals surface area contributed by atoms with Crippen LogP contribution in [0.4, 0.5) is 0 Å². The molecule has 0 rings (SSSR count). The summed E-state index contributed by atoms with van der Waals surface area (Å²) in [7, 11) is 0. The van der Waals surface area contributed by atoms with Crippen molar-refractivity contribution in [3.8, 4) is 0 Å². The first-order valence-corrected chi connectivity index (χ1v) is 35.0. The van der Waals surface area contributed by atoms with E-state index < -0.39 is 6.10 Å². The lowest BCUT2D eigenvalue weighted by molar-refractivity contribution is -0.167. The molecule has 0 fully saturated rings. The molecule has 0 heterocycles. The van der Waals surface area contributed by atoms with E-state index in [0.717, 1.165) is 70.6 Å². The Kier molecular flexibility index (Phi) is 65.1. The number of ether oxygens (including phenoxy) is 3. The van der Waals surface area contributed by atoms with Gasteiger partial charge in [0.05, 0.1) is 0 Å². The SMILES string of the molecule is CCCCCCC/C=C\C/C=C\CCCCCCCCCCCCCCCCCCCCCC(=O)OCC(COC(=O)CCCCCCCCCCCCCCCC)OC(=O)CCCCCCC/C=C\CCCCCCCC. The van der Waals surface area contributed by atoms with Gasteiger partial charge in [-0.15, -0.1) is 0 Å². The van der Waals surface area contributed by atoms with Crippen molar-refractivity contribution in [2.75, 3.05) is 13.2 Å². The van der Waals surface area contributed by atoms with Crippen LogP contribution >= 0.6 is 0 Å². The molecule has 0 saturated carbocycles. The Morgan fingerprint density at radius 3 is 0.718 bits per heavy atom. The maximum Gasteiger partial charge on any atom is 0.306 e. The molecule has 0 aromatic rings. The lowest BCUT2D eigenvalue weighted by atomic mass is 10.0. The first-order valence-electron chi connectivity index (χ1n) is 35.0. The number of hydrogen-bond acceptors (Lipinski definition) is 6. The molecule has 0 N–H and O–H groups in total. The van der Waals surface area contributed by atoms with Gasteiger partial charge in [-0.05, 0) is 77.0 Å². The number of carbonyl (C=O) groups is 3. The molecule has 0 spiro atoms. The number of hydrogen-bond donors (Lipinski definition) is 0. The molecular formula is C72H134O6. The zero-order chi connectivity index (χ0) is 56.4.